The van der Waals surface area contributed by atoms with Gasteiger partial charge in [-0.15, -0.1) is 0 Å². The van der Waals surface area contributed by atoms with Crippen LogP contribution in [0.25, 0.3) is 32.3 Å². The fourth-order valence-electron chi connectivity index (χ4n) is 7.22. The molecule has 0 fully saturated rings. The van der Waals surface area contributed by atoms with Gasteiger partial charge in [0, 0.05) is 22.1 Å². The summed E-state index contributed by atoms with van der Waals surface area (Å²) in [6.45, 7) is 23.2. The van der Waals surface area contributed by atoms with E-state index in [4.69, 9.17) is 0 Å². The van der Waals surface area contributed by atoms with Crippen LogP contribution in [0.3, 0.4) is 0 Å². The summed E-state index contributed by atoms with van der Waals surface area (Å²) in [5, 5.41) is 8.61. The summed E-state index contributed by atoms with van der Waals surface area (Å²) < 4.78 is 0. The molecule has 6 rings (SSSR count). The lowest BCUT2D eigenvalue weighted by atomic mass is 9.77. The Kier molecular flexibility index (Phi) is 5.77. The monoisotopic (exact) mass is 509 g/mol. The van der Waals surface area contributed by atoms with Crippen molar-refractivity contribution in [1.82, 2.24) is 0 Å². The molecule has 39 heavy (non-hydrogen) atoms. The van der Waals surface area contributed by atoms with Crippen molar-refractivity contribution in [3.8, 4) is 0 Å². The van der Waals surface area contributed by atoms with E-state index in [2.05, 4.69) is 129 Å². The molecule has 0 aliphatic heterocycles. The number of aryl methyl sites for hydroxylation is 8. The zero-order valence-corrected chi connectivity index (χ0v) is 25.1. The Balaban J connectivity index is 1.96. The molecule has 0 N–H and O–H groups in total. The van der Waals surface area contributed by atoms with Gasteiger partial charge >= 0.3 is 0 Å². The Bertz CT molecular complexity index is 1910. The molecule has 1 heteroatoms. The van der Waals surface area contributed by atoms with Crippen molar-refractivity contribution in [3.63, 3.8) is 0 Å². The van der Waals surface area contributed by atoms with Crippen LogP contribution < -0.4 is 4.90 Å². The largest absolute Gasteiger partial charge is 0.309 e. The summed E-state index contributed by atoms with van der Waals surface area (Å²) in [6.07, 6.45) is 0. The number of anilines is 3. The Hall–Kier alpha value is -3.84. The maximum atomic E-state index is 2.52. The zero-order chi connectivity index (χ0) is 27.9. The van der Waals surface area contributed by atoms with Crippen LogP contribution in [-0.4, -0.2) is 0 Å². The van der Waals surface area contributed by atoms with Gasteiger partial charge in [0.25, 0.3) is 0 Å². The zero-order valence-electron chi connectivity index (χ0n) is 25.1. The lowest BCUT2D eigenvalue weighted by Crippen LogP contribution is -2.15. The molecular formula is C38H39N. The highest BCUT2D eigenvalue weighted by Gasteiger charge is 2.28. The quantitative estimate of drug-likeness (QED) is 0.214. The fraction of sp³-hybridized carbons (Fsp3) is 0.263. The highest BCUT2D eigenvalue weighted by Crippen LogP contribution is 2.52. The van der Waals surface area contributed by atoms with Crippen LogP contribution in [0.4, 0.5) is 17.1 Å². The van der Waals surface area contributed by atoms with Crippen molar-refractivity contribution < 1.29 is 0 Å². The van der Waals surface area contributed by atoms with Crippen molar-refractivity contribution >= 4 is 49.4 Å². The number of hydrogen-bond donors (Lipinski definition) is 0. The van der Waals surface area contributed by atoms with E-state index < -0.39 is 0 Å². The Morgan fingerprint density at radius 3 is 1.31 bits per heavy atom. The van der Waals surface area contributed by atoms with Crippen LogP contribution in [-0.2, 0) is 0 Å². The van der Waals surface area contributed by atoms with E-state index in [0.29, 0.717) is 0 Å². The van der Waals surface area contributed by atoms with Gasteiger partial charge in [0.1, 0.15) is 0 Å². The Morgan fingerprint density at radius 1 is 0.359 bits per heavy atom. The minimum atomic E-state index is 1.19. The number of nitrogens with zero attached hydrogens (tertiary/aromatic N) is 1. The molecule has 0 spiro atoms. The summed E-state index contributed by atoms with van der Waals surface area (Å²) in [4.78, 5) is 2.52. The first kappa shape index (κ1) is 25.4. The topological polar surface area (TPSA) is 3.24 Å². The van der Waals surface area contributed by atoms with Gasteiger partial charge in [0.15, 0.2) is 0 Å². The maximum absolute atomic E-state index is 2.52. The molecule has 0 saturated heterocycles. The van der Waals surface area contributed by atoms with E-state index in [1.165, 1.54) is 105 Å². The van der Waals surface area contributed by atoms with E-state index in [9.17, 15) is 0 Å². The molecule has 0 aliphatic rings. The first-order valence-corrected chi connectivity index (χ1v) is 14.2. The summed E-state index contributed by atoms with van der Waals surface area (Å²) in [6, 6.07) is 19.7. The van der Waals surface area contributed by atoms with Crippen molar-refractivity contribution in [3.05, 3.63) is 110 Å². The molecule has 0 amide bonds. The molecule has 0 atom stereocenters. The third-order valence-corrected chi connectivity index (χ3v) is 9.87. The highest BCUT2D eigenvalue weighted by atomic mass is 15.1. The van der Waals surface area contributed by atoms with Crippen LogP contribution in [0.1, 0.15) is 55.6 Å². The van der Waals surface area contributed by atoms with Crippen molar-refractivity contribution in [2.45, 2.75) is 69.2 Å². The van der Waals surface area contributed by atoms with Gasteiger partial charge < -0.3 is 4.90 Å². The lowest BCUT2D eigenvalue weighted by Gasteiger charge is -2.34. The van der Waals surface area contributed by atoms with E-state index in [-0.39, 0.29) is 0 Å². The molecule has 0 bridgehead atoms. The van der Waals surface area contributed by atoms with Crippen LogP contribution in [0, 0.1) is 69.2 Å². The number of rotatable bonds is 3. The second-order valence-electron chi connectivity index (χ2n) is 11.7. The number of para-hydroxylation sites is 2. The van der Waals surface area contributed by atoms with Gasteiger partial charge in [-0.05, 0) is 165 Å². The SMILES string of the molecule is Cc1ccccc1N(c1ccccc1)c1c(C)c(C)c2c(C)c(C)c3c(C)c(C)c(C)c4c(C)c(C)c1c2c34. The molecular weight excluding hydrogens is 470 g/mol. The first-order valence-electron chi connectivity index (χ1n) is 14.2. The standard InChI is InChI=1S/C38H39N/c1-20-16-14-15-19-31(20)39(30-17-12-11-13-18-30)38-29(10)28(9)34-25(6)24(5)32-22(3)21(2)23(4)33-26(7)27(8)35(38)37(34)36(32)33/h11-19H,1-10H3. The first-order chi connectivity index (χ1) is 18.6. The molecule has 0 aromatic heterocycles. The molecule has 0 aliphatic carbocycles. The molecule has 0 saturated carbocycles. The van der Waals surface area contributed by atoms with Crippen molar-refractivity contribution in [2.24, 2.45) is 0 Å². The molecule has 1 nitrogen and oxygen atoms in total. The fourth-order valence-corrected chi connectivity index (χ4v) is 7.22. The van der Waals surface area contributed by atoms with Gasteiger partial charge in [-0.1, -0.05) is 36.4 Å². The smallest absolute Gasteiger partial charge is 0.0575 e. The molecule has 6 aromatic carbocycles. The normalized spacial score (nSPS) is 11.8. The van der Waals surface area contributed by atoms with Crippen LogP contribution in [0.2, 0.25) is 0 Å². The number of benzene rings is 6. The Labute approximate surface area is 233 Å². The van der Waals surface area contributed by atoms with Gasteiger partial charge in [-0.2, -0.15) is 0 Å². The third-order valence-electron chi connectivity index (χ3n) is 9.87. The molecule has 0 unspecified atom stereocenters. The van der Waals surface area contributed by atoms with Gasteiger partial charge in [-0.3, -0.25) is 0 Å². The molecule has 0 radical (unpaired) electrons. The number of hydrogen-bond acceptors (Lipinski definition) is 1. The predicted octanol–water partition coefficient (Wildman–Crippen LogP) is 11.1. The van der Waals surface area contributed by atoms with Crippen molar-refractivity contribution in [2.75, 3.05) is 4.90 Å². The van der Waals surface area contributed by atoms with Crippen LogP contribution in [0.15, 0.2) is 54.6 Å². The van der Waals surface area contributed by atoms with E-state index in [1.807, 2.05) is 0 Å². The molecule has 196 valence electrons. The Morgan fingerprint density at radius 2 is 0.769 bits per heavy atom. The summed E-state index contributed by atoms with van der Waals surface area (Å²) in [5.41, 5.74) is 17.6. The van der Waals surface area contributed by atoms with E-state index >= 15 is 0 Å². The average molecular weight is 510 g/mol. The maximum Gasteiger partial charge on any atom is 0.0575 e. The highest BCUT2D eigenvalue weighted by molar-refractivity contribution is 6.31. The van der Waals surface area contributed by atoms with Crippen LogP contribution >= 0.6 is 0 Å². The van der Waals surface area contributed by atoms with Gasteiger partial charge in [-0.25, -0.2) is 0 Å². The van der Waals surface area contributed by atoms with Gasteiger partial charge in [0.2, 0.25) is 0 Å². The van der Waals surface area contributed by atoms with E-state index in [1.54, 1.807) is 0 Å². The van der Waals surface area contributed by atoms with Crippen molar-refractivity contribution in [1.29, 1.82) is 0 Å². The summed E-state index contributed by atoms with van der Waals surface area (Å²) in [5.74, 6) is 0. The second-order valence-corrected chi connectivity index (χ2v) is 11.7. The lowest BCUT2D eigenvalue weighted by molar-refractivity contribution is 1.22. The summed E-state index contributed by atoms with van der Waals surface area (Å²) >= 11 is 0. The predicted molar refractivity (Wildman–Crippen MR) is 172 cm³/mol. The minimum Gasteiger partial charge on any atom is -0.309 e. The second kappa shape index (κ2) is 8.85. The molecule has 0 heterocycles. The average Bonchev–Trinajstić information content (AvgIpc) is 2.93. The third kappa shape index (κ3) is 3.32. The van der Waals surface area contributed by atoms with Gasteiger partial charge in [0.05, 0.1) is 5.69 Å². The summed E-state index contributed by atoms with van der Waals surface area (Å²) in [7, 11) is 0. The van der Waals surface area contributed by atoms with E-state index in [0.717, 1.165) is 0 Å². The minimum absolute atomic E-state index is 1.19. The molecule has 6 aromatic rings. The van der Waals surface area contributed by atoms with Crippen LogP contribution in [0.5, 0.6) is 0 Å².